The summed E-state index contributed by atoms with van der Waals surface area (Å²) in [5, 5.41) is 7.86. The van der Waals surface area contributed by atoms with Crippen LogP contribution in [0.4, 0.5) is 5.69 Å². The predicted molar refractivity (Wildman–Crippen MR) is 99.0 cm³/mol. The molecule has 1 aliphatic carbocycles. The van der Waals surface area contributed by atoms with E-state index in [4.69, 9.17) is 11.6 Å². The maximum absolute atomic E-state index is 12.4. The number of anilines is 1. The van der Waals surface area contributed by atoms with Gasteiger partial charge in [0, 0.05) is 12.0 Å². The quantitative estimate of drug-likeness (QED) is 0.904. The Morgan fingerprint density at radius 2 is 1.92 bits per heavy atom. The second-order valence-corrected chi connectivity index (χ2v) is 7.99. The van der Waals surface area contributed by atoms with Crippen LogP contribution >= 0.6 is 11.6 Å². The zero-order valence-corrected chi connectivity index (χ0v) is 15.2. The molecular weight excluding hydrogens is 322 g/mol. The topological polar surface area (TPSA) is 46.9 Å². The van der Waals surface area contributed by atoms with E-state index < -0.39 is 5.54 Å². The first-order valence-electron chi connectivity index (χ1n) is 8.41. The molecule has 4 nitrogen and oxygen atoms in total. The van der Waals surface area contributed by atoms with E-state index in [2.05, 4.69) is 34.7 Å². The summed E-state index contributed by atoms with van der Waals surface area (Å²) < 4.78 is 1.43. The largest absolute Gasteiger partial charge is 0.381 e. The molecule has 0 atom stereocenters. The zero-order valence-electron chi connectivity index (χ0n) is 14.5. The first-order chi connectivity index (χ1) is 11.3. The van der Waals surface area contributed by atoms with E-state index in [1.165, 1.54) is 16.7 Å². The maximum Gasteiger partial charge on any atom is 0.288 e. The summed E-state index contributed by atoms with van der Waals surface area (Å²) in [4.78, 5) is 12.4. The fourth-order valence-electron chi connectivity index (χ4n) is 3.26. The third-order valence-corrected chi connectivity index (χ3v) is 5.23. The second-order valence-electron chi connectivity index (χ2n) is 7.61. The lowest BCUT2D eigenvalue weighted by atomic mass is 9.64. The van der Waals surface area contributed by atoms with Crippen molar-refractivity contribution in [3.8, 4) is 0 Å². The molecule has 2 aromatic rings. The van der Waals surface area contributed by atoms with Gasteiger partial charge in [0.15, 0.2) is 0 Å². The molecule has 0 radical (unpaired) electrons. The molecule has 0 bridgehead atoms. The molecule has 0 saturated heterocycles. The molecule has 1 aromatic carbocycles. The normalized spacial score (nSPS) is 16.5. The number of halogens is 1. The van der Waals surface area contributed by atoms with E-state index in [-0.39, 0.29) is 16.0 Å². The van der Waals surface area contributed by atoms with Gasteiger partial charge in [-0.3, -0.25) is 4.79 Å². The third kappa shape index (κ3) is 3.07. The standard InChI is InChI=1S/C19H24ClN3O/c1-18(2,3)23-17(24)16(20)15(12-22-23)21-13-19(10-7-11-19)14-8-5-4-6-9-14/h4-6,8-9,12,21H,7,10-11,13H2,1-3H3. The third-order valence-electron chi connectivity index (χ3n) is 4.87. The van der Waals surface area contributed by atoms with E-state index in [1.54, 1.807) is 6.20 Å². The number of aromatic nitrogens is 2. The molecule has 1 heterocycles. The molecule has 1 aliphatic rings. The van der Waals surface area contributed by atoms with E-state index in [1.807, 2.05) is 26.8 Å². The Labute approximate surface area is 147 Å². The number of nitrogens with one attached hydrogen (secondary N) is 1. The molecule has 0 amide bonds. The summed E-state index contributed by atoms with van der Waals surface area (Å²) >= 11 is 6.30. The lowest BCUT2D eigenvalue weighted by molar-refractivity contribution is 0.260. The lowest BCUT2D eigenvalue weighted by Crippen LogP contribution is -2.41. The summed E-state index contributed by atoms with van der Waals surface area (Å²) in [6, 6.07) is 10.6. The van der Waals surface area contributed by atoms with Crippen molar-refractivity contribution < 1.29 is 0 Å². The van der Waals surface area contributed by atoms with Gasteiger partial charge in [0.1, 0.15) is 5.02 Å². The highest BCUT2D eigenvalue weighted by molar-refractivity contribution is 6.32. The van der Waals surface area contributed by atoms with Gasteiger partial charge in [-0.1, -0.05) is 48.4 Å². The predicted octanol–water partition coefficient (Wildman–Crippen LogP) is 4.19. The monoisotopic (exact) mass is 345 g/mol. The highest BCUT2D eigenvalue weighted by atomic mass is 35.5. The highest BCUT2D eigenvalue weighted by Gasteiger charge is 2.38. The van der Waals surface area contributed by atoms with Gasteiger partial charge in [-0.2, -0.15) is 5.10 Å². The van der Waals surface area contributed by atoms with E-state index >= 15 is 0 Å². The molecule has 1 N–H and O–H groups in total. The number of nitrogens with zero attached hydrogens (tertiary/aromatic N) is 2. The van der Waals surface area contributed by atoms with Crippen molar-refractivity contribution >= 4 is 17.3 Å². The Balaban J connectivity index is 1.82. The van der Waals surface area contributed by atoms with Crippen LogP contribution in [-0.2, 0) is 11.0 Å². The molecule has 0 spiro atoms. The first kappa shape index (κ1) is 17.0. The maximum atomic E-state index is 12.4. The van der Waals surface area contributed by atoms with Gasteiger partial charge in [0.2, 0.25) is 0 Å². The molecule has 1 saturated carbocycles. The van der Waals surface area contributed by atoms with Crippen LogP contribution in [0.15, 0.2) is 41.3 Å². The Bertz CT molecular complexity index is 773. The Hall–Kier alpha value is -1.81. The van der Waals surface area contributed by atoms with Crippen LogP contribution < -0.4 is 10.9 Å². The number of rotatable bonds is 4. The van der Waals surface area contributed by atoms with Gasteiger partial charge in [-0.05, 0) is 39.2 Å². The van der Waals surface area contributed by atoms with Gasteiger partial charge < -0.3 is 5.32 Å². The summed E-state index contributed by atoms with van der Waals surface area (Å²) in [7, 11) is 0. The Morgan fingerprint density at radius 3 is 2.46 bits per heavy atom. The van der Waals surface area contributed by atoms with Crippen molar-refractivity contribution in [1.29, 1.82) is 0 Å². The van der Waals surface area contributed by atoms with Gasteiger partial charge in [-0.25, -0.2) is 4.68 Å². The Kier molecular flexibility index (Phi) is 4.43. The van der Waals surface area contributed by atoms with Crippen LogP contribution in [0.1, 0.15) is 45.6 Å². The van der Waals surface area contributed by atoms with Crippen molar-refractivity contribution in [2.24, 2.45) is 0 Å². The van der Waals surface area contributed by atoms with Crippen LogP contribution in [0.25, 0.3) is 0 Å². The van der Waals surface area contributed by atoms with Gasteiger partial charge in [0.25, 0.3) is 5.56 Å². The average Bonchev–Trinajstić information content (AvgIpc) is 2.50. The number of benzene rings is 1. The lowest BCUT2D eigenvalue weighted by Gasteiger charge is -2.43. The van der Waals surface area contributed by atoms with Crippen molar-refractivity contribution in [3.05, 3.63) is 57.5 Å². The molecule has 1 aromatic heterocycles. The first-order valence-corrected chi connectivity index (χ1v) is 8.79. The minimum atomic E-state index is -0.390. The minimum absolute atomic E-state index is 0.128. The SMILES string of the molecule is CC(C)(C)n1ncc(NCC2(c3ccccc3)CCC2)c(Cl)c1=O. The summed E-state index contributed by atoms with van der Waals surface area (Å²) in [6.07, 6.45) is 5.18. The molecular formula is C19H24ClN3O. The smallest absolute Gasteiger partial charge is 0.288 e. The van der Waals surface area contributed by atoms with E-state index in [0.717, 1.165) is 19.4 Å². The number of hydrogen-bond acceptors (Lipinski definition) is 3. The van der Waals surface area contributed by atoms with E-state index in [0.29, 0.717) is 5.69 Å². The van der Waals surface area contributed by atoms with Crippen molar-refractivity contribution in [2.45, 2.75) is 51.0 Å². The van der Waals surface area contributed by atoms with Crippen molar-refractivity contribution in [2.75, 3.05) is 11.9 Å². The van der Waals surface area contributed by atoms with Crippen LogP contribution in [0.2, 0.25) is 5.02 Å². The molecule has 5 heteroatoms. The number of hydrogen-bond donors (Lipinski definition) is 1. The highest BCUT2D eigenvalue weighted by Crippen LogP contribution is 2.43. The molecule has 24 heavy (non-hydrogen) atoms. The molecule has 128 valence electrons. The van der Waals surface area contributed by atoms with Crippen molar-refractivity contribution in [3.63, 3.8) is 0 Å². The van der Waals surface area contributed by atoms with Crippen molar-refractivity contribution in [1.82, 2.24) is 9.78 Å². The second kappa shape index (κ2) is 6.25. The fraction of sp³-hybridized carbons (Fsp3) is 0.474. The fourth-order valence-corrected chi connectivity index (χ4v) is 3.46. The van der Waals surface area contributed by atoms with Crippen LogP contribution in [0.3, 0.4) is 0 Å². The molecule has 1 fully saturated rings. The molecule has 3 rings (SSSR count). The summed E-state index contributed by atoms with van der Waals surface area (Å²) in [5.74, 6) is 0. The van der Waals surface area contributed by atoms with Gasteiger partial charge in [-0.15, -0.1) is 0 Å². The van der Waals surface area contributed by atoms with Crippen LogP contribution in [-0.4, -0.2) is 16.3 Å². The Morgan fingerprint density at radius 1 is 1.25 bits per heavy atom. The zero-order chi connectivity index (χ0) is 17.4. The van der Waals surface area contributed by atoms with Gasteiger partial charge >= 0.3 is 0 Å². The van der Waals surface area contributed by atoms with E-state index in [9.17, 15) is 4.79 Å². The van der Waals surface area contributed by atoms with Crippen LogP contribution in [0.5, 0.6) is 0 Å². The summed E-state index contributed by atoms with van der Waals surface area (Å²) in [5.41, 5.74) is 1.44. The molecule has 0 unspecified atom stereocenters. The minimum Gasteiger partial charge on any atom is -0.381 e. The molecule has 0 aliphatic heterocycles. The average molecular weight is 346 g/mol. The van der Waals surface area contributed by atoms with Crippen LogP contribution in [0, 0.1) is 0 Å². The van der Waals surface area contributed by atoms with Gasteiger partial charge in [0.05, 0.1) is 17.4 Å². The summed E-state index contributed by atoms with van der Waals surface area (Å²) in [6.45, 7) is 6.56.